The van der Waals surface area contributed by atoms with E-state index in [9.17, 15) is 9.59 Å². The molecule has 0 amide bonds. The molecule has 0 aliphatic carbocycles. The first-order chi connectivity index (χ1) is 3.91. The molecule has 0 aromatic heterocycles. The van der Waals surface area contributed by atoms with Crippen LogP contribution in [-0.2, 0) is 42.3 Å². The molecular weight excluding hydrogens is 193 g/mol. The van der Waals surface area contributed by atoms with Gasteiger partial charge in [-0.2, -0.15) is 0 Å². The third-order valence-corrected chi connectivity index (χ3v) is 0.894. The molecule has 0 bridgehead atoms. The van der Waals surface area contributed by atoms with Crippen LogP contribution in [0.2, 0.25) is 0 Å². The van der Waals surface area contributed by atoms with E-state index in [1.807, 2.05) is 0 Å². The normalized spacial score (nSPS) is 7.56. The molecule has 0 aromatic rings. The van der Waals surface area contributed by atoms with Crippen molar-refractivity contribution >= 4 is 12.6 Å². The molecule has 0 aliphatic rings. The van der Waals surface area contributed by atoms with Crippen LogP contribution in [0.3, 0.4) is 0 Å². The van der Waals surface area contributed by atoms with E-state index in [1.165, 1.54) is 0 Å². The van der Waals surface area contributed by atoms with Crippen LogP contribution in [0.25, 0.3) is 0 Å². The van der Waals surface area contributed by atoms with Gasteiger partial charge < -0.3 is 9.59 Å². The minimum atomic E-state index is 0. The van der Waals surface area contributed by atoms with E-state index in [2.05, 4.69) is 0 Å². The Balaban J connectivity index is 0. The molecule has 0 rings (SSSR count). The Bertz CT molecular complexity index is 63.5. The number of carbonyl (C=O) groups is 2. The molecule has 0 unspecified atom stereocenters. The smallest absolute Gasteiger partial charge is 0.119 e. The predicted octanol–water partition coefficient (Wildman–Crippen LogP) is 0.942. The Kier molecular flexibility index (Phi) is 15.2. The molecule has 1 radical (unpaired) electrons. The van der Waals surface area contributed by atoms with Gasteiger partial charge in [0.1, 0.15) is 12.6 Å². The van der Waals surface area contributed by atoms with E-state index in [1.54, 1.807) is 0 Å². The van der Waals surface area contributed by atoms with Gasteiger partial charge in [0.25, 0.3) is 0 Å². The van der Waals surface area contributed by atoms with E-state index in [0.717, 1.165) is 25.4 Å². The zero-order valence-electron chi connectivity index (χ0n) is 5.38. The number of hydrogen-bond acceptors (Lipinski definition) is 2. The summed E-state index contributed by atoms with van der Waals surface area (Å²) in [7, 11) is 0. The molecule has 9 heavy (non-hydrogen) atoms. The van der Waals surface area contributed by atoms with E-state index in [4.69, 9.17) is 0 Å². The van der Waals surface area contributed by atoms with Gasteiger partial charge in [0, 0.05) is 45.6 Å². The molecule has 0 N–H and O–H groups in total. The van der Waals surface area contributed by atoms with Crippen LogP contribution in [0, 0.1) is 0 Å². The van der Waals surface area contributed by atoms with Gasteiger partial charge >= 0.3 is 0 Å². The van der Waals surface area contributed by atoms with Gasteiger partial charge in [-0.15, -0.1) is 0 Å². The number of aldehydes is 2. The predicted molar refractivity (Wildman–Crippen MR) is 30.6 cm³/mol. The standard InChI is InChI=1S/C6H10O2.Y/c7-5-3-1-2-4-6-8;/h5-6H,1-4H2;. The van der Waals surface area contributed by atoms with Crippen LogP contribution in [-0.4, -0.2) is 12.6 Å². The summed E-state index contributed by atoms with van der Waals surface area (Å²) in [6.07, 6.45) is 4.64. The summed E-state index contributed by atoms with van der Waals surface area (Å²) >= 11 is 0. The first-order valence-electron chi connectivity index (χ1n) is 2.79. The van der Waals surface area contributed by atoms with Crippen molar-refractivity contribution in [2.24, 2.45) is 0 Å². The van der Waals surface area contributed by atoms with Crippen molar-refractivity contribution in [1.29, 1.82) is 0 Å². The van der Waals surface area contributed by atoms with E-state index >= 15 is 0 Å². The molecule has 0 atom stereocenters. The van der Waals surface area contributed by atoms with Crippen LogP contribution >= 0.6 is 0 Å². The van der Waals surface area contributed by atoms with Crippen LogP contribution < -0.4 is 0 Å². The average Bonchev–Trinajstić information content (AvgIpc) is 1.81. The summed E-state index contributed by atoms with van der Waals surface area (Å²) in [5, 5.41) is 0. The summed E-state index contributed by atoms with van der Waals surface area (Å²) in [4.78, 5) is 19.4. The molecule has 0 saturated carbocycles. The van der Waals surface area contributed by atoms with Crippen LogP contribution in [0.15, 0.2) is 0 Å². The minimum Gasteiger partial charge on any atom is -0.303 e. The second-order valence-corrected chi connectivity index (χ2v) is 1.62. The number of hydrogen-bond donors (Lipinski definition) is 0. The first kappa shape index (κ1) is 12.2. The third-order valence-electron chi connectivity index (χ3n) is 0.894. The van der Waals surface area contributed by atoms with Crippen molar-refractivity contribution in [1.82, 2.24) is 0 Å². The molecule has 0 heterocycles. The molecule has 2 nitrogen and oxygen atoms in total. The van der Waals surface area contributed by atoms with Crippen LogP contribution in [0.5, 0.6) is 0 Å². The summed E-state index contributed by atoms with van der Waals surface area (Å²) < 4.78 is 0. The summed E-state index contributed by atoms with van der Waals surface area (Å²) in [6, 6.07) is 0. The maximum absolute atomic E-state index is 9.68. The molecule has 0 aromatic carbocycles. The quantitative estimate of drug-likeness (QED) is 0.492. The maximum atomic E-state index is 9.68. The molecular formula is C6H10O2Y. The summed E-state index contributed by atoms with van der Waals surface area (Å²) in [6.45, 7) is 0. The Labute approximate surface area is 80.3 Å². The Hall–Kier alpha value is 0.444. The minimum absolute atomic E-state index is 0. The van der Waals surface area contributed by atoms with E-state index in [-0.39, 0.29) is 32.7 Å². The number of carbonyl (C=O) groups excluding carboxylic acids is 2. The molecule has 49 valence electrons. The van der Waals surface area contributed by atoms with Crippen molar-refractivity contribution in [2.75, 3.05) is 0 Å². The van der Waals surface area contributed by atoms with Gasteiger partial charge in [0.05, 0.1) is 0 Å². The van der Waals surface area contributed by atoms with E-state index in [0.29, 0.717) is 12.8 Å². The zero-order chi connectivity index (χ0) is 6.24. The second-order valence-electron chi connectivity index (χ2n) is 1.62. The van der Waals surface area contributed by atoms with Gasteiger partial charge in [-0.1, -0.05) is 0 Å². The van der Waals surface area contributed by atoms with Crippen molar-refractivity contribution < 1.29 is 42.3 Å². The number of unbranched alkanes of at least 4 members (excludes halogenated alkanes) is 3. The van der Waals surface area contributed by atoms with Gasteiger partial charge in [0.15, 0.2) is 0 Å². The fourth-order valence-corrected chi connectivity index (χ4v) is 0.455. The topological polar surface area (TPSA) is 34.1 Å². The zero-order valence-corrected chi connectivity index (χ0v) is 8.22. The Morgan fingerprint density at radius 1 is 0.889 bits per heavy atom. The van der Waals surface area contributed by atoms with Gasteiger partial charge in [-0.3, -0.25) is 0 Å². The largest absolute Gasteiger partial charge is 0.303 e. The molecule has 0 spiro atoms. The average molecular weight is 203 g/mol. The third kappa shape index (κ3) is 11.8. The number of rotatable bonds is 5. The first-order valence-corrected chi connectivity index (χ1v) is 2.79. The summed E-state index contributed by atoms with van der Waals surface area (Å²) in [5.74, 6) is 0. The van der Waals surface area contributed by atoms with Crippen LogP contribution in [0.1, 0.15) is 25.7 Å². The van der Waals surface area contributed by atoms with Crippen molar-refractivity contribution in [2.45, 2.75) is 25.7 Å². The summed E-state index contributed by atoms with van der Waals surface area (Å²) in [5.41, 5.74) is 0. The molecule has 0 fully saturated rings. The molecule has 3 heteroatoms. The monoisotopic (exact) mass is 203 g/mol. The van der Waals surface area contributed by atoms with Gasteiger partial charge in [0.2, 0.25) is 0 Å². The van der Waals surface area contributed by atoms with Crippen molar-refractivity contribution in [3.05, 3.63) is 0 Å². The van der Waals surface area contributed by atoms with Gasteiger partial charge in [-0.05, 0) is 12.8 Å². The molecule has 0 saturated heterocycles. The van der Waals surface area contributed by atoms with Crippen LogP contribution in [0.4, 0.5) is 0 Å². The van der Waals surface area contributed by atoms with Gasteiger partial charge in [-0.25, -0.2) is 0 Å². The fourth-order valence-electron chi connectivity index (χ4n) is 0.455. The fraction of sp³-hybridized carbons (Fsp3) is 0.667. The Morgan fingerprint density at radius 2 is 1.22 bits per heavy atom. The Morgan fingerprint density at radius 3 is 1.44 bits per heavy atom. The van der Waals surface area contributed by atoms with Crippen molar-refractivity contribution in [3.8, 4) is 0 Å². The maximum Gasteiger partial charge on any atom is 0.119 e. The SMILES string of the molecule is O=CCCCCC=O.[Y]. The second kappa shape index (κ2) is 11.3. The van der Waals surface area contributed by atoms with E-state index < -0.39 is 0 Å². The van der Waals surface area contributed by atoms with Crippen molar-refractivity contribution in [3.63, 3.8) is 0 Å². The molecule has 0 aliphatic heterocycles.